The van der Waals surface area contributed by atoms with E-state index in [1.165, 1.54) is 31.4 Å². The third-order valence-electron chi connectivity index (χ3n) is 4.25. The third kappa shape index (κ3) is 6.77. The van der Waals surface area contributed by atoms with Crippen LogP contribution >= 0.6 is 0 Å². The highest BCUT2D eigenvalue weighted by Gasteiger charge is 2.31. The van der Waals surface area contributed by atoms with Gasteiger partial charge in [0.1, 0.15) is 12.4 Å². The molecule has 0 heterocycles. The van der Waals surface area contributed by atoms with E-state index in [0.717, 1.165) is 11.1 Å². The largest absolute Gasteiger partial charge is 0.573 e. The first-order valence-electron chi connectivity index (χ1n) is 9.06. The number of benzene rings is 2. The van der Waals surface area contributed by atoms with E-state index < -0.39 is 12.3 Å². The Balaban J connectivity index is 2.08. The van der Waals surface area contributed by atoms with E-state index in [0.29, 0.717) is 11.3 Å². The van der Waals surface area contributed by atoms with Crippen molar-refractivity contribution in [2.45, 2.75) is 25.8 Å². The second kappa shape index (κ2) is 10.6. The van der Waals surface area contributed by atoms with Crippen LogP contribution in [0.4, 0.5) is 13.2 Å². The Bertz CT molecular complexity index is 867. The maximum absolute atomic E-state index is 12.2. The van der Waals surface area contributed by atoms with Gasteiger partial charge >= 0.3 is 6.36 Å². The number of nitrogens with one attached hydrogen (secondary N) is 1. The zero-order valence-corrected chi connectivity index (χ0v) is 16.8. The van der Waals surface area contributed by atoms with Crippen molar-refractivity contribution in [2.75, 3.05) is 20.8 Å². The fraction of sp³-hybridized carbons (Fsp3) is 0.333. The number of rotatable bonds is 9. The zero-order valence-electron chi connectivity index (χ0n) is 16.8. The Labute approximate surface area is 172 Å². The van der Waals surface area contributed by atoms with Crippen LogP contribution < -0.4 is 10.1 Å². The molecule has 2 aromatic rings. The highest BCUT2D eigenvalue weighted by atomic mass is 19.4. The summed E-state index contributed by atoms with van der Waals surface area (Å²) in [7, 11) is 3.08. The first-order chi connectivity index (χ1) is 14.2. The van der Waals surface area contributed by atoms with Crippen molar-refractivity contribution in [2.24, 2.45) is 5.16 Å². The first kappa shape index (κ1) is 23.2. The molecule has 0 aromatic heterocycles. The van der Waals surface area contributed by atoms with Gasteiger partial charge in [-0.15, -0.1) is 13.2 Å². The predicted molar refractivity (Wildman–Crippen MR) is 105 cm³/mol. The number of halogens is 3. The normalized spacial score (nSPS) is 12.9. The summed E-state index contributed by atoms with van der Waals surface area (Å²) in [5.74, 6) is -0.983. The molecule has 0 saturated carbocycles. The van der Waals surface area contributed by atoms with Crippen LogP contribution in [-0.2, 0) is 21.0 Å². The number of oxime groups is 1. The van der Waals surface area contributed by atoms with Gasteiger partial charge in [0.2, 0.25) is 5.91 Å². The number of amides is 1. The Kier molecular flexibility index (Phi) is 8.23. The molecule has 0 fully saturated rings. The minimum atomic E-state index is -4.74. The highest BCUT2D eigenvalue weighted by molar-refractivity contribution is 5.98. The molecular weight excluding hydrogens is 401 g/mol. The van der Waals surface area contributed by atoms with E-state index in [-0.39, 0.29) is 24.9 Å². The van der Waals surface area contributed by atoms with E-state index in [2.05, 4.69) is 15.2 Å². The van der Waals surface area contributed by atoms with E-state index in [9.17, 15) is 18.0 Å². The molecule has 0 bridgehead atoms. The molecule has 1 N–H and O–H groups in total. The van der Waals surface area contributed by atoms with Crippen LogP contribution in [0.25, 0.3) is 0 Å². The molecule has 1 atom stereocenters. The molecule has 0 aliphatic heterocycles. The minimum absolute atomic E-state index is 0.111. The lowest BCUT2D eigenvalue weighted by atomic mass is 9.94. The van der Waals surface area contributed by atoms with Crippen molar-refractivity contribution >= 4 is 11.6 Å². The molecule has 0 saturated heterocycles. The molecule has 0 radical (unpaired) electrons. The molecule has 6 nitrogen and oxygen atoms in total. The summed E-state index contributed by atoms with van der Waals surface area (Å²) in [6, 6.07) is 12.6. The third-order valence-corrected chi connectivity index (χ3v) is 4.25. The van der Waals surface area contributed by atoms with Gasteiger partial charge in [0.05, 0.1) is 18.2 Å². The van der Waals surface area contributed by atoms with Gasteiger partial charge in [-0.25, -0.2) is 0 Å². The van der Waals surface area contributed by atoms with Crippen molar-refractivity contribution in [3.63, 3.8) is 0 Å². The van der Waals surface area contributed by atoms with Crippen LogP contribution in [0.1, 0.15) is 29.5 Å². The summed E-state index contributed by atoms with van der Waals surface area (Å²) in [4.78, 5) is 17.6. The van der Waals surface area contributed by atoms with Crippen LogP contribution in [-0.4, -0.2) is 38.7 Å². The molecule has 0 spiro atoms. The monoisotopic (exact) mass is 424 g/mol. The zero-order chi connectivity index (χ0) is 22.1. The van der Waals surface area contributed by atoms with Crippen molar-refractivity contribution in [3.05, 3.63) is 65.2 Å². The minimum Gasteiger partial charge on any atom is -0.406 e. The molecule has 1 amide bonds. The number of alkyl halides is 3. The summed E-state index contributed by atoms with van der Waals surface area (Å²) in [5, 5.41) is 6.65. The van der Waals surface area contributed by atoms with Gasteiger partial charge in [0.25, 0.3) is 0 Å². The van der Waals surface area contributed by atoms with E-state index in [4.69, 9.17) is 9.57 Å². The average molecular weight is 424 g/mol. The number of ether oxygens (including phenoxy) is 2. The van der Waals surface area contributed by atoms with Crippen molar-refractivity contribution in [1.29, 1.82) is 0 Å². The molecule has 9 heteroatoms. The molecular formula is C21H23F3N2O4. The fourth-order valence-electron chi connectivity index (χ4n) is 2.80. The lowest BCUT2D eigenvalue weighted by molar-refractivity contribution is -0.274. The van der Waals surface area contributed by atoms with Gasteiger partial charge in [0, 0.05) is 14.2 Å². The number of carbonyl (C=O) groups excluding carboxylic acids is 1. The number of carbonyl (C=O) groups is 1. The second-order valence-electron chi connectivity index (χ2n) is 6.34. The van der Waals surface area contributed by atoms with Gasteiger partial charge < -0.3 is 19.6 Å². The van der Waals surface area contributed by atoms with Crippen molar-refractivity contribution in [1.82, 2.24) is 5.32 Å². The fourth-order valence-corrected chi connectivity index (χ4v) is 2.80. The number of methoxy groups -OCH3 is 1. The number of nitrogens with zero attached hydrogens (tertiary/aromatic N) is 1. The van der Waals surface area contributed by atoms with Gasteiger partial charge in [-0.05, 0) is 47.9 Å². The summed E-state index contributed by atoms with van der Waals surface area (Å²) >= 11 is 0. The maximum atomic E-state index is 12.2. The summed E-state index contributed by atoms with van der Waals surface area (Å²) in [5.41, 5.74) is 2.60. The van der Waals surface area contributed by atoms with Gasteiger partial charge in [0.15, 0.2) is 0 Å². The second-order valence-corrected chi connectivity index (χ2v) is 6.34. The van der Waals surface area contributed by atoms with E-state index >= 15 is 0 Å². The SMILES string of the molecule is CNC(=O)C(COC)c1ccccc1CO/N=C(\C)c1ccc(OC(F)(F)F)cc1. The van der Waals surface area contributed by atoms with Crippen LogP contribution in [0.2, 0.25) is 0 Å². The highest BCUT2D eigenvalue weighted by Crippen LogP contribution is 2.24. The van der Waals surface area contributed by atoms with Crippen LogP contribution in [0.15, 0.2) is 53.7 Å². The van der Waals surface area contributed by atoms with Gasteiger partial charge in [-0.1, -0.05) is 29.4 Å². The quantitative estimate of drug-likeness (QED) is 0.488. The Hall–Kier alpha value is -3.07. The standard InChI is InChI=1S/C21H23F3N2O4/c1-14(15-8-10-17(11-9-15)30-21(22,23)24)26-29-12-16-6-4-5-7-18(16)19(13-28-3)20(27)25-2/h4-11,19H,12-13H2,1-3H3,(H,25,27)/b26-14+. The lowest BCUT2D eigenvalue weighted by Gasteiger charge is -2.18. The van der Waals surface area contributed by atoms with Gasteiger partial charge in [-0.3, -0.25) is 4.79 Å². The maximum Gasteiger partial charge on any atom is 0.573 e. The Morgan fingerprint density at radius 1 is 1.13 bits per heavy atom. The molecule has 2 aromatic carbocycles. The topological polar surface area (TPSA) is 69.2 Å². The molecule has 2 rings (SSSR count). The number of likely N-dealkylation sites (N-methyl/N-ethyl adjacent to an activating group) is 1. The predicted octanol–water partition coefficient (Wildman–Crippen LogP) is 4.00. The summed E-state index contributed by atoms with van der Waals surface area (Å²) in [6.45, 7) is 2.00. The molecule has 1 unspecified atom stereocenters. The number of hydrogen-bond donors (Lipinski definition) is 1. The first-order valence-corrected chi connectivity index (χ1v) is 9.06. The van der Waals surface area contributed by atoms with E-state index in [1.807, 2.05) is 24.3 Å². The van der Waals surface area contributed by atoms with Gasteiger partial charge in [-0.2, -0.15) is 0 Å². The van der Waals surface area contributed by atoms with Crippen LogP contribution in [0.3, 0.4) is 0 Å². The lowest BCUT2D eigenvalue weighted by Crippen LogP contribution is -2.29. The molecule has 162 valence electrons. The molecule has 0 aliphatic rings. The van der Waals surface area contributed by atoms with Crippen molar-refractivity contribution < 1.29 is 32.3 Å². The molecule has 0 aliphatic carbocycles. The van der Waals surface area contributed by atoms with Crippen molar-refractivity contribution in [3.8, 4) is 5.75 Å². The Morgan fingerprint density at radius 2 is 1.80 bits per heavy atom. The van der Waals surface area contributed by atoms with E-state index in [1.54, 1.807) is 14.0 Å². The Morgan fingerprint density at radius 3 is 2.40 bits per heavy atom. The number of hydrogen-bond acceptors (Lipinski definition) is 5. The summed E-state index contributed by atoms with van der Waals surface area (Å²) in [6.07, 6.45) is -4.74. The molecule has 30 heavy (non-hydrogen) atoms. The average Bonchev–Trinajstić information content (AvgIpc) is 2.71. The van der Waals surface area contributed by atoms with Crippen LogP contribution in [0, 0.1) is 0 Å². The smallest absolute Gasteiger partial charge is 0.406 e. The summed E-state index contributed by atoms with van der Waals surface area (Å²) < 4.78 is 45.7. The van der Waals surface area contributed by atoms with Crippen LogP contribution in [0.5, 0.6) is 5.75 Å².